The summed E-state index contributed by atoms with van der Waals surface area (Å²) in [4.78, 5) is 12.4. The highest BCUT2D eigenvalue weighted by Gasteiger charge is 2.44. The van der Waals surface area contributed by atoms with Gasteiger partial charge in [-0.25, -0.2) is 8.42 Å². The van der Waals surface area contributed by atoms with Crippen LogP contribution in [0.25, 0.3) is 0 Å². The predicted octanol–water partition coefficient (Wildman–Crippen LogP) is 3.28. The van der Waals surface area contributed by atoms with Crippen LogP contribution in [-0.4, -0.2) is 27.1 Å². The molecule has 0 unspecified atom stereocenters. The van der Waals surface area contributed by atoms with Crippen molar-refractivity contribution in [2.75, 3.05) is 22.4 Å². The molecule has 0 radical (unpaired) electrons. The van der Waals surface area contributed by atoms with Crippen molar-refractivity contribution in [3.63, 3.8) is 0 Å². The van der Waals surface area contributed by atoms with Crippen molar-refractivity contribution in [1.82, 2.24) is 0 Å². The van der Waals surface area contributed by atoms with Gasteiger partial charge in [0.2, 0.25) is 10.0 Å². The number of nitriles is 1. The standard InChI is InChI=1S/C20H21N3O3S/c1-3-27(25,26)23(2)18-10-4-15(5-11-18)19(24)22-17-8-6-16(7-9-17)20(14-21)12-13-20/h4-11H,3,12-13H2,1-2H3,(H,22,24). The lowest BCUT2D eigenvalue weighted by molar-refractivity contribution is 0.102. The van der Waals surface area contributed by atoms with Crippen molar-refractivity contribution in [2.45, 2.75) is 25.2 Å². The molecule has 1 N–H and O–H groups in total. The molecular weight excluding hydrogens is 362 g/mol. The Kier molecular flexibility index (Phi) is 4.94. The largest absolute Gasteiger partial charge is 0.322 e. The van der Waals surface area contributed by atoms with Gasteiger partial charge in [-0.3, -0.25) is 9.10 Å². The Morgan fingerprint density at radius 3 is 2.22 bits per heavy atom. The van der Waals surface area contributed by atoms with E-state index in [1.807, 2.05) is 12.1 Å². The minimum atomic E-state index is -3.34. The molecule has 0 saturated heterocycles. The van der Waals surface area contributed by atoms with Gasteiger partial charge in [0.1, 0.15) is 0 Å². The van der Waals surface area contributed by atoms with Crippen molar-refractivity contribution in [3.8, 4) is 6.07 Å². The molecule has 3 rings (SSSR count). The van der Waals surface area contributed by atoms with E-state index in [0.717, 1.165) is 18.4 Å². The SMILES string of the molecule is CCS(=O)(=O)N(C)c1ccc(C(=O)Nc2ccc(C3(C#N)CC3)cc2)cc1. The molecular formula is C20H21N3O3S. The number of hydrogen-bond acceptors (Lipinski definition) is 4. The number of nitrogens with zero attached hydrogens (tertiary/aromatic N) is 2. The number of amides is 1. The zero-order valence-corrected chi connectivity index (χ0v) is 16.1. The van der Waals surface area contributed by atoms with Gasteiger partial charge in [-0.1, -0.05) is 12.1 Å². The van der Waals surface area contributed by atoms with Crippen LogP contribution in [0.2, 0.25) is 0 Å². The van der Waals surface area contributed by atoms with E-state index in [9.17, 15) is 18.5 Å². The van der Waals surface area contributed by atoms with Gasteiger partial charge in [0.25, 0.3) is 5.91 Å². The second kappa shape index (κ2) is 7.05. The first-order chi connectivity index (χ1) is 12.8. The molecule has 140 valence electrons. The van der Waals surface area contributed by atoms with E-state index in [2.05, 4.69) is 11.4 Å². The molecule has 1 saturated carbocycles. The van der Waals surface area contributed by atoms with Crippen LogP contribution in [0.4, 0.5) is 11.4 Å². The lowest BCUT2D eigenvalue weighted by atomic mass is 9.98. The summed E-state index contributed by atoms with van der Waals surface area (Å²) in [5, 5.41) is 12.1. The fourth-order valence-corrected chi connectivity index (χ4v) is 3.67. The maximum Gasteiger partial charge on any atom is 0.255 e. The molecule has 2 aromatic rings. The van der Waals surface area contributed by atoms with Gasteiger partial charge in [-0.15, -0.1) is 0 Å². The average Bonchev–Trinajstić information content (AvgIpc) is 3.49. The van der Waals surface area contributed by atoms with Crippen molar-refractivity contribution >= 4 is 27.3 Å². The Morgan fingerprint density at radius 2 is 1.74 bits per heavy atom. The van der Waals surface area contributed by atoms with Gasteiger partial charge >= 0.3 is 0 Å². The highest BCUT2D eigenvalue weighted by atomic mass is 32.2. The Morgan fingerprint density at radius 1 is 1.15 bits per heavy atom. The van der Waals surface area contributed by atoms with Gasteiger partial charge in [0, 0.05) is 18.3 Å². The molecule has 0 aromatic heterocycles. The average molecular weight is 383 g/mol. The zero-order chi connectivity index (χ0) is 19.7. The third-order valence-electron chi connectivity index (χ3n) is 4.93. The summed E-state index contributed by atoms with van der Waals surface area (Å²) in [5.41, 5.74) is 2.22. The molecule has 0 heterocycles. The third-order valence-corrected chi connectivity index (χ3v) is 6.71. The number of nitrogens with one attached hydrogen (secondary N) is 1. The number of carbonyl (C=O) groups excluding carboxylic acids is 1. The summed E-state index contributed by atoms with van der Waals surface area (Å²) >= 11 is 0. The maximum atomic E-state index is 12.4. The number of benzene rings is 2. The molecule has 6 nitrogen and oxygen atoms in total. The number of carbonyl (C=O) groups is 1. The summed E-state index contributed by atoms with van der Waals surface area (Å²) in [5.74, 6) is -0.272. The van der Waals surface area contributed by atoms with Gasteiger partial charge in [-0.05, 0) is 61.7 Å². The topological polar surface area (TPSA) is 90.3 Å². The van der Waals surface area contributed by atoms with Crippen LogP contribution >= 0.6 is 0 Å². The van der Waals surface area contributed by atoms with Crippen LogP contribution < -0.4 is 9.62 Å². The van der Waals surface area contributed by atoms with Crippen molar-refractivity contribution in [2.24, 2.45) is 0 Å². The molecule has 0 aliphatic heterocycles. The Hall–Kier alpha value is -2.85. The minimum absolute atomic E-state index is 0.00875. The third kappa shape index (κ3) is 3.81. The normalized spacial score (nSPS) is 14.9. The highest BCUT2D eigenvalue weighted by molar-refractivity contribution is 7.92. The summed E-state index contributed by atoms with van der Waals surface area (Å²) in [6.07, 6.45) is 1.76. The Balaban J connectivity index is 1.69. The number of sulfonamides is 1. The van der Waals surface area contributed by atoms with Gasteiger partial charge in [0.05, 0.1) is 22.9 Å². The highest BCUT2D eigenvalue weighted by Crippen LogP contribution is 2.47. The molecule has 1 amide bonds. The van der Waals surface area contributed by atoms with E-state index in [0.29, 0.717) is 16.9 Å². The molecule has 0 spiro atoms. The first kappa shape index (κ1) is 18.9. The number of rotatable bonds is 6. The van der Waals surface area contributed by atoms with Crippen molar-refractivity contribution < 1.29 is 13.2 Å². The summed E-state index contributed by atoms with van der Waals surface area (Å²) in [6.45, 7) is 1.58. The van der Waals surface area contributed by atoms with Crippen LogP contribution in [0.1, 0.15) is 35.7 Å². The smallest absolute Gasteiger partial charge is 0.255 e. The fourth-order valence-electron chi connectivity index (χ4n) is 2.84. The van der Waals surface area contributed by atoms with Gasteiger partial charge < -0.3 is 5.32 Å². The lowest BCUT2D eigenvalue weighted by Gasteiger charge is -2.18. The molecule has 7 heteroatoms. The quantitative estimate of drug-likeness (QED) is 0.829. The first-order valence-electron chi connectivity index (χ1n) is 8.71. The molecule has 27 heavy (non-hydrogen) atoms. The minimum Gasteiger partial charge on any atom is -0.322 e. The monoisotopic (exact) mass is 383 g/mol. The lowest BCUT2D eigenvalue weighted by Crippen LogP contribution is -2.28. The second-order valence-electron chi connectivity index (χ2n) is 6.64. The van der Waals surface area contributed by atoms with E-state index in [1.165, 1.54) is 11.4 Å². The predicted molar refractivity (Wildman–Crippen MR) is 105 cm³/mol. The first-order valence-corrected chi connectivity index (χ1v) is 10.3. The molecule has 0 atom stereocenters. The molecule has 0 bridgehead atoms. The summed E-state index contributed by atoms with van der Waals surface area (Å²) in [7, 11) is -1.85. The van der Waals surface area contributed by atoms with E-state index in [-0.39, 0.29) is 17.1 Å². The van der Waals surface area contributed by atoms with Gasteiger partial charge in [-0.2, -0.15) is 5.26 Å². The van der Waals surface area contributed by atoms with Crippen LogP contribution in [0.3, 0.4) is 0 Å². The van der Waals surface area contributed by atoms with Gasteiger partial charge in [0.15, 0.2) is 0 Å². The van der Waals surface area contributed by atoms with E-state index in [1.54, 1.807) is 43.3 Å². The number of hydrogen-bond donors (Lipinski definition) is 1. The Labute approximate surface area is 159 Å². The van der Waals surface area contributed by atoms with E-state index < -0.39 is 10.0 Å². The molecule has 1 fully saturated rings. The molecule has 1 aliphatic carbocycles. The van der Waals surface area contributed by atoms with Crippen LogP contribution in [0.5, 0.6) is 0 Å². The fraction of sp³-hybridized carbons (Fsp3) is 0.300. The maximum absolute atomic E-state index is 12.4. The number of anilines is 2. The Bertz CT molecular complexity index is 986. The summed E-state index contributed by atoms with van der Waals surface area (Å²) in [6, 6.07) is 16.1. The summed E-state index contributed by atoms with van der Waals surface area (Å²) < 4.78 is 25.0. The second-order valence-corrected chi connectivity index (χ2v) is 8.93. The van der Waals surface area contributed by atoms with Crippen LogP contribution in [0.15, 0.2) is 48.5 Å². The van der Waals surface area contributed by atoms with E-state index >= 15 is 0 Å². The van der Waals surface area contributed by atoms with E-state index in [4.69, 9.17) is 0 Å². The van der Waals surface area contributed by atoms with Crippen LogP contribution in [0, 0.1) is 11.3 Å². The van der Waals surface area contributed by atoms with Crippen LogP contribution in [-0.2, 0) is 15.4 Å². The van der Waals surface area contributed by atoms with Crippen molar-refractivity contribution in [3.05, 3.63) is 59.7 Å². The van der Waals surface area contributed by atoms with Crippen molar-refractivity contribution in [1.29, 1.82) is 5.26 Å². The molecule has 1 aliphatic rings. The zero-order valence-electron chi connectivity index (χ0n) is 15.3. The molecule has 2 aromatic carbocycles.